The number of nitrogens with two attached hydrogens (primary N) is 1. The minimum Gasteiger partial charge on any atom is -0.452 e. The van der Waals surface area contributed by atoms with Crippen LogP contribution in [0, 0.1) is 15.9 Å². The van der Waals surface area contributed by atoms with Gasteiger partial charge in [-0.25, -0.2) is 9.18 Å². The van der Waals surface area contributed by atoms with Crippen LogP contribution in [0.25, 0.3) is 0 Å². The third-order valence-corrected chi connectivity index (χ3v) is 3.24. The molecule has 0 aliphatic carbocycles. The van der Waals surface area contributed by atoms with Crippen molar-refractivity contribution in [1.82, 2.24) is 0 Å². The van der Waals surface area contributed by atoms with Crippen LogP contribution in [0.5, 0.6) is 0 Å². The molecule has 130 valence electrons. The largest absolute Gasteiger partial charge is 0.452 e. The number of nitro benzene ring substituents is 1. The number of nitrogens with zero attached hydrogens (tertiary/aromatic N) is 1. The molecule has 2 aromatic rings. The van der Waals surface area contributed by atoms with E-state index in [9.17, 15) is 24.1 Å². The Morgan fingerprint density at radius 2 is 2.00 bits per heavy atom. The van der Waals surface area contributed by atoms with E-state index in [1.165, 1.54) is 18.2 Å². The number of benzene rings is 2. The molecule has 2 rings (SSSR count). The molecule has 0 heterocycles. The molecule has 10 heteroatoms. The van der Waals surface area contributed by atoms with Crippen molar-refractivity contribution >= 4 is 40.5 Å². The SMILES string of the molecule is Nc1cc(Cl)ccc1C(=O)OCC(=O)Nc1cc([N+](=O)[O-])ccc1F. The second-order valence-corrected chi connectivity index (χ2v) is 5.21. The van der Waals surface area contributed by atoms with Gasteiger partial charge in [-0.15, -0.1) is 0 Å². The summed E-state index contributed by atoms with van der Waals surface area (Å²) in [6, 6.07) is 6.75. The highest BCUT2D eigenvalue weighted by Gasteiger charge is 2.16. The molecule has 0 spiro atoms. The fourth-order valence-corrected chi connectivity index (χ4v) is 2.02. The first-order valence-corrected chi connectivity index (χ1v) is 7.11. The van der Waals surface area contributed by atoms with Crippen molar-refractivity contribution in [3.63, 3.8) is 0 Å². The van der Waals surface area contributed by atoms with Crippen molar-refractivity contribution in [1.29, 1.82) is 0 Å². The van der Waals surface area contributed by atoms with Gasteiger partial charge < -0.3 is 15.8 Å². The van der Waals surface area contributed by atoms with E-state index in [0.29, 0.717) is 5.02 Å². The lowest BCUT2D eigenvalue weighted by atomic mass is 10.2. The summed E-state index contributed by atoms with van der Waals surface area (Å²) in [4.78, 5) is 33.5. The Bertz CT molecular complexity index is 859. The normalized spacial score (nSPS) is 10.2. The van der Waals surface area contributed by atoms with Crippen LogP contribution in [-0.4, -0.2) is 23.4 Å². The number of nitro groups is 1. The van der Waals surface area contributed by atoms with Gasteiger partial charge in [-0.1, -0.05) is 11.6 Å². The monoisotopic (exact) mass is 367 g/mol. The number of non-ortho nitro benzene ring substituents is 1. The van der Waals surface area contributed by atoms with Crippen LogP contribution in [0.3, 0.4) is 0 Å². The summed E-state index contributed by atoms with van der Waals surface area (Å²) < 4.78 is 18.3. The van der Waals surface area contributed by atoms with Gasteiger partial charge in [-0.05, 0) is 24.3 Å². The van der Waals surface area contributed by atoms with E-state index >= 15 is 0 Å². The summed E-state index contributed by atoms with van der Waals surface area (Å²) in [5, 5.41) is 13.1. The minimum atomic E-state index is -0.875. The van der Waals surface area contributed by atoms with E-state index in [1.807, 2.05) is 0 Å². The third kappa shape index (κ3) is 4.64. The maximum atomic E-state index is 13.6. The number of rotatable bonds is 5. The van der Waals surface area contributed by atoms with Crippen molar-refractivity contribution in [3.05, 3.63) is 62.9 Å². The Morgan fingerprint density at radius 1 is 1.28 bits per heavy atom. The Morgan fingerprint density at radius 3 is 2.64 bits per heavy atom. The number of hydrogen-bond acceptors (Lipinski definition) is 6. The van der Waals surface area contributed by atoms with Crippen molar-refractivity contribution in [2.24, 2.45) is 0 Å². The number of amides is 1. The first-order chi connectivity index (χ1) is 11.8. The maximum Gasteiger partial charge on any atom is 0.340 e. The highest BCUT2D eigenvalue weighted by Crippen LogP contribution is 2.21. The lowest BCUT2D eigenvalue weighted by Gasteiger charge is -2.08. The summed E-state index contributed by atoms with van der Waals surface area (Å²) in [6.45, 7) is -0.733. The van der Waals surface area contributed by atoms with Gasteiger partial charge in [0.05, 0.1) is 16.2 Å². The van der Waals surface area contributed by atoms with Crippen LogP contribution >= 0.6 is 11.6 Å². The van der Waals surface area contributed by atoms with Gasteiger partial charge in [0.25, 0.3) is 11.6 Å². The van der Waals surface area contributed by atoms with Gasteiger partial charge in [0.1, 0.15) is 5.82 Å². The first-order valence-electron chi connectivity index (χ1n) is 6.74. The van der Waals surface area contributed by atoms with Crippen LogP contribution in [0.2, 0.25) is 5.02 Å². The average molecular weight is 368 g/mol. The molecule has 0 aliphatic rings. The van der Waals surface area contributed by atoms with E-state index < -0.39 is 40.6 Å². The molecule has 0 aromatic heterocycles. The summed E-state index contributed by atoms with van der Waals surface area (Å²) in [5.41, 5.74) is 4.90. The maximum absolute atomic E-state index is 13.6. The van der Waals surface area contributed by atoms with Crippen LogP contribution in [0.4, 0.5) is 21.5 Å². The molecule has 0 aliphatic heterocycles. The third-order valence-electron chi connectivity index (χ3n) is 3.00. The number of nitrogen functional groups attached to an aromatic ring is 1. The van der Waals surface area contributed by atoms with E-state index in [-0.39, 0.29) is 11.3 Å². The molecule has 0 bridgehead atoms. The molecule has 0 fully saturated rings. The van der Waals surface area contributed by atoms with Gasteiger partial charge in [0.15, 0.2) is 6.61 Å². The van der Waals surface area contributed by atoms with E-state index in [1.54, 1.807) is 0 Å². The summed E-state index contributed by atoms with van der Waals surface area (Å²) in [5.74, 6) is -2.61. The summed E-state index contributed by atoms with van der Waals surface area (Å²) in [6.07, 6.45) is 0. The molecular weight excluding hydrogens is 357 g/mol. The van der Waals surface area contributed by atoms with Crippen molar-refractivity contribution in [3.8, 4) is 0 Å². The summed E-state index contributed by atoms with van der Waals surface area (Å²) in [7, 11) is 0. The Labute approximate surface area is 145 Å². The van der Waals surface area contributed by atoms with Gasteiger partial charge in [-0.3, -0.25) is 14.9 Å². The number of carbonyl (C=O) groups is 2. The molecule has 8 nitrogen and oxygen atoms in total. The Hall–Kier alpha value is -3.20. The lowest BCUT2D eigenvalue weighted by molar-refractivity contribution is -0.384. The Kier molecular flexibility index (Phi) is 5.50. The van der Waals surface area contributed by atoms with E-state index in [0.717, 1.165) is 18.2 Å². The number of anilines is 2. The number of nitrogens with one attached hydrogen (secondary N) is 1. The van der Waals surface area contributed by atoms with Crippen LogP contribution in [0.15, 0.2) is 36.4 Å². The first kappa shape index (κ1) is 18.1. The van der Waals surface area contributed by atoms with Crippen LogP contribution in [0.1, 0.15) is 10.4 Å². The fourth-order valence-electron chi connectivity index (χ4n) is 1.84. The van der Waals surface area contributed by atoms with E-state index in [2.05, 4.69) is 5.32 Å². The second kappa shape index (κ2) is 7.58. The molecule has 1 amide bonds. The molecule has 0 saturated heterocycles. The zero-order chi connectivity index (χ0) is 18.6. The van der Waals surface area contributed by atoms with Gasteiger partial charge in [-0.2, -0.15) is 0 Å². The highest BCUT2D eigenvalue weighted by atomic mass is 35.5. The predicted octanol–water partition coefficient (Wildman–Crippen LogP) is 2.77. The molecule has 0 unspecified atom stereocenters. The number of halogens is 2. The number of hydrogen-bond donors (Lipinski definition) is 2. The topological polar surface area (TPSA) is 125 Å². The van der Waals surface area contributed by atoms with Crippen molar-refractivity contribution < 1.29 is 23.6 Å². The molecule has 0 saturated carbocycles. The van der Waals surface area contributed by atoms with E-state index in [4.69, 9.17) is 22.1 Å². The summed E-state index contributed by atoms with van der Waals surface area (Å²) >= 11 is 5.71. The average Bonchev–Trinajstić information content (AvgIpc) is 2.54. The van der Waals surface area contributed by atoms with Crippen molar-refractivity contribution in [2.75, 3.05) is 17.7 Å². The lowest BCUT2D eigenvalue weighted by Crippen LogP contribution is -2.22. The number of carbonyl (C=O) groups excluding carboxylic acids is 2. The zero-order valence-corrected chi connectivity index (χ0v) is 13.2. The zero-order valence-electron chi connectivity index (χ0n) is 12.5. The van der Waals surface area contributed by atoms with Gasteiger partial charge in [0, 0.05) is 22.8 Å². The van der Waals surface area contributed by atoms with Gasteiger partial charge >= 0.3 is 5.97 Å². The quantitative estimate of drug-likeness (QED) is 0.362. The predicted molar refractivity (Wildman–Crippen MR) is 87.8 cm³/mol. The molecule has 3 N–H and O–H groups in total. The van der Waals surface area contributed by atoms with Crippen LogP contribution in [-0.2, 0) is 9.53 Å². The smallest absolute Gasteiger partial charge is 0.340 e. The molecular formula is C15H11ClFN3O5. The standard InChI is InChI=1S/C15H11ClFN3O5/c16-8-1-3-10(12(18)5-8)15(22)25-7-14(21)19-13-6-9(20(23)24)2-4-11(13)17/h1-6H,7,18H2,(H,19,21). The van der Waals surface area contributed by atoms with Gasteiger partial charge in [0.2, 0.25) is 0 Å². The minimum absolute atomic E-state index is 0.0127. The highest BCUT2D eigenvalue weighted by molar-refractivity contribution is 6.31. The fraction of sp³-hybridized carbons (Fsp3) is 0.0667. The number of ether oxygens (including phenoxy) is 1. The van der Waals surface area contributed by atoms with Crippen molar-refractivity contribution in [2.45, 2.75) is 0 Å². The molecule has 0 atom stereocenters. The van der Waals surface area contributed by atoms with Crippen LogP contribution < -0.4 is 11.1 Å². The Balaban J connectivity index is 2.00. The molecule has 2 aromatic carbocycles. The second-order valence-electron chi connectivity index (χ2n) is 4.78. The molecule has 0 radical (unpaired) electrons. The molecule has 25 heavy (non-hydrogen) atoms. The number of esters is 1.